The van der Waals surface area contributed by atoms with Gasteiger partial charge in [-0.15, -0.1) is 6.42 Å². The second kappa shape index (κ2) is 27.4. The van der Waals surface area contributed by atoms with Crippen LogP contribution in [0.5, 0.6) is 17.6 Å². The number of nitrogens with zero attached hydrogens (tertiary/aromatic N) is 6. The summed E-state index contributed by atoms with van der Waals surface area (Å²) in [5, 5.41) is 1.39. The van der Waals surface area contributed by atoms with Gasteiger partial charge in [-0.1, -0.05) is 147 Å². The van der Waals surface area contributed by atoms with Gasteiger partial charge in [-0.3, -0.25) is 19.4 Å². The number of ether oxygens (including phenoxy) is 5. The first-order chi connectivity index (χ1) is 38.1. The van der Waals surface area contributed by atoms with E-state index in [-0.39, 0.29) is 77.9 Å². The van der Waals surface area contributed by atoms with E-state index in [0.29, 0.717) is 60.9 Å². The molecule has 422 valence electrons. The average molecular weight is 1080 g/mol. The zero-order valence-electron chi connectivity index (χ0n) is 46.3. The van der Waals surface area contributed by atoms with Crippen LogP contribution in [-0.4, -0.2) is 112 Å². The summed E-state index contributed by atoms with van der Waals surface area (Å²) < 4.78 is 63.1. The van der Waals surface area contributed by atoms with Crippen LogP contribution in [0.3, 0.4) is 0 Å². The van der Waals surface area contributed by atoms with E-state index in [9.17, 15) is 18.8 Å². The van der Waals surface area contributed by atoms with Gasteiger partial charge in [-0.2, -0.15) is 9.97 Å². The maximum atomic E-state index is 18.0. The van der Waals surface area contributed by atoms with E-state index in [1.807, 2.05) is 11.0 Å². The van der Waals surface area contributed by atoms with Crippen molar-refractivity contribution < 1.29 is 46.8 Å². The quantitative estimate of drug-likeness (QED) is 0.0167. The molecule has 5 aliphatic heterocycles. The van der Waals surface area contributed by atoms with Crippen LogP contribution >= 0.6 is 0 Å². The summed E-state index contributed by atoms with van der Waals surface area (Å²) >= 11 is 0. The minimum absolute atomic E-state index is 0.0392. The lowest BCUT2D eigenvalue weighted by Gasteiger charge is -2.45. The predicted octanol–water partition coefficient (Wildman–Crippen LogP) is 13.5. The smallest absolute Gasteiger partial charge is 0.413 e. The summed E-state index contributed by atoms with van der Waals surface area (Å²) in [5.41, 5.74) is 0.00600. The average Bonchev–Trinajstić information content (AvgIpc) is 4.25. The molecule has 5 atom stereocenters. The molecule has 0 spiro atoms. The Morgan fingerprint density at radius 2 is 1.47 bits per heavy atom. The molecular formula is C62H82F2N6O8. The minimum Gasteiger partial charge on any atom is -0.475 e. The van der Waals surface area contributed by atoms with Crippen LogP contribution in [0.1, 0.15) is 193 Å². The van der Waals surface area contributed by atoms with Crippen LogP contribution in [0.4, 0.5) is 19.4 Å². The molecule has 14 nitrogen and oxygen atoms in total. The van der Waals surface area contributed by atoms with Crippen molar-refractivity contribution in [1.82, 2.24) is 24.8 Å². The number of benzene rings is 2. The van der Waals surface area contributed by atoms with E-state index in [1.165, 1.54) is 77.0 Å². The highest BCUT2D eigenvalue weighted by Crippen LogP contribution is 2.47. The van der Waals surface area contributed by atoms with Gasteiger partial charge in [-0.05, 0) is 68.7 Å². The number of pyridine rings is 1. The SMILES string of the molecule is C#Cc1cccc2cc(OC(=O)CCCCCCCCCCCCCCC)cc(-c3nc4c5c(nc(OC[C@@]67CCCN6C[C@H](F)C7)nc5c3F)N3C[C@H]5CC[C@@H]([C@H]3CO4)N5C(=O)OCOC(=O)CCCCCCCCC)c12. The number of fused-ring (bicyclic) bond motifs is 7. The number of aromatic nitrogens is 3. The fourth-order valence-electron chi connectivity index (χ4n) is 13.0. The Hall–Kier alpha value is -5.82. The Kier molecular flexibility index (Phi) is 20.0. The summed E-state index contributed by atoms with van der Waals surface area (Å²) in [6, 6.07) is 7.45. The van der Waals surface area contributed by atoms with Crippen LogP contribution in [0.15, 0.2) is 30.3 Å². The number of halogens is 2. The van der Waals surface area contributed by atoms with Gasteiger partial charge in [0.05, 0.1) is 23.7 Å². The molecule has 0 radical (unpaired) electrons. The summed E-state index contributed by atoms with van der Waals surface area (Å²) in [5.74, 6) is 1.81. The number of alkyl halides is 1. The zero-order valence-corrected chi connectivity index (χ0v) is 46.3. The van der Waals surface area contributed by atoms with Gasteiger partial charge in [-0.25, -0.2) is 18.6 Å². The summed E-state index contributed by atoms with van der Waals surface area (Å²) in [6.45, 7) is 5.49. The summed E-state index contributed by atoms with van der Waals surface area (Å²) in [4.78, 5) is 60.5. The number of esters is 2. The Labute approximate surface area is 460 Å². The van der Waals surface area contributed by atoms with Crippen LogP contribution < -0.4 is 19.1 Å². The predicted molar refractivity (Wildman–Crippen MR) is 298 cm³/mol. The fourth-order valence-corrected chi connectivity index (χ4v) is 13.0. The molecule has 4 aromatic rings. The highest BCUT2D eigenvalue weighted by atomic mass is 19.1. The van der Waals surface area contributed by atoms with Crippen LogP contribution in [0.25, 0.3) is 32.9 Å². The lowest BCUT2D eigenvalue weighted by molar-refractivity contribution is -0.152. The molecule has 4 saturated heterocycles. The number of unbranched alkanes of at least 4 members (excludes halogenated alkanes) is 18. The highest BCUT2D eigenvalue weighted by Gasteiger charge is 2.52. The number of piperazine rings is 1. The number of rotatable bonds is 29. The van der Waals surface area contributed by atoms with Crippen molar-refractivity contribution in [2.75, 3.05) is 44.5 Å². The lowest BCUT2D eigenvalue weighted by Crippen LogP contribution is -2.63. The molecule has 0 unspecified atom stereocenters. The number of hydrogen-bond acceptors (Lipinski definition) is 13. The van der Waals surface area contributed by atoms with Crippen molar-refractivity contribution in [3.8, 4) is 41.2 Å². The first kappa shape index (κ1) is 56.9. The third kappa shape index (κ3) is 13.4. The van der Waals surface area contributed by atoms with Crippen molar-refractivity contribution in [1.29, 1.82) is 0 Å². The molecule has 78 heavy (non-hydrogen) atoms. The van der Waals surface area contributed by atoms with E-state index < -0.39 is 48.5 Å². The molecule has 0 saturated carbocycles. The molecule has 4 fully saturated rings. The Morgan fingerprint density at radius 1 is 0.795 bits per heavy atom. The maximum absolute atomic E-state index is 18.0. The monoisotopic (exact) mass is 1080 g/mol. The third-order valence-corrected chi connectivity index (χ3v) is 17.1. The largest absolute Gasteiger partial charge is 0.475 e. The fraction of sp³-hybridized carbons (Fsp3) is 0.645. The molecule has 16 heteroatoms. The Bertz CT molecular complexity index is 2760. The van der Waals surface area contributed by atoms with Crippen LogP contribution in [0.2, 0.25) is 0 Å². The van der Waals surface area contributed by atoms with Crippen molar-refractivity contribution in [2.24, 2.45) is 0 Å². The number of carbonyl (C=O) groups is 3. The van der Waals surface area contributed by atoms with Crippen molar-refractivity contribution in [3.05, 3.63) is 41.7 Å². The second-order valence-corrected chi connectivity index (χ2v) is 22.6. The third-order valence-electron chi connectivity index (χ3n) is 17.1. The standard InChI is InChI=1S/C62H82F2N6O8/c1-4-7-9-11-13-14-15-16-17-18-20-22-24-30-52(72)78-47-35-44-28-25-27-43(6-3)53(44)48(36-47)56-55(64)57-54-58(67-60(66-57)75-41-62-33-26-34-68(62)38-45(63)37-62)69-39-46-31-32-49(50(69)40-74-59(54)65-56)70(46)61(73)77-42-76-51(71)29-23-21-19-12-10-8-5-2/h3,25,27-28,35-36,45-46,49-50H,4-5,7-24,26,29-34,37-42H2,1-2H3/t45-,46-,49+,50-,62+/m1/s1. The minimum atomic E-state index is -0.986. The number of carbonyl (C=O) groups excluding carboxylic acids is 3. The van der Waals surface area contributed by atoms with Crippen LogP contribution in [-0.2, 0) is 19.1 Å². The molecular weight excluding hydrogens is 995 g/mol. The Morgan fingerprint density at radius 3 is 2.17 bits per heavy atom. The number of anilines is 1. The van der Waals surface area contributed by atoms with Crippen LogP contribution in [0, 0.1) is 18.2 Å². The van der Waals surface area contributed by atoms with E-state index in [0.717, 1.165) is 64.3 Å². The number of amides is 1. The van der Waals surface area contributed by atoms with E-state index in [2.05, 4.69) is 24.7 Å². The first-order valence-corrected chi connectivity index (χ1v) is 29.8. The maximum Gasteiger partial charge on any atom is 0.413 e. The first-order valence-electron chi connectivity index (χ1n) is 29.8. The van der Waals surface area contributed by atoms with Gasteiger partial charge in [0.25, 0.3) is 0 Å². The molecule has 9 rings (SSSR count). The highest BCUT2D eigenvalue weighted by molar-refractivity contribution is 6.04. The second-order valence-electron chi connectivity index (χ2n) is 22.6. The number of terminal acetylenes is 1. The molecule has 2 bridgehead atoms. The van der Waals surface area contributed by atoms with Gasteiger partial charge in [0.1, 0.15) is 47.5 Å². The number of hydrogen-bond donors (Lipinski definition) is 0. The topological polar surface area (TPSA) is 146 Å². The normalized spacial score (nSPS) is 21.3. The van der Waals surface area contributed by atoms with Crippen molar-refractivity contribution >= 4 is 45.5 Å². The lowest BCUT2D eigenvalue weighted by atomic mass is 9.95. The molecule has 5 aliphatic rings. The molecule has 2 aromatic carbocycles. The van der Waals surface area contributed by atoms with Crippen molar-refractivity contribution in [3.63, 3.8) is 0 Å². The Balaban J connectivity index is 0.944. The summed E-state index contributed by atoms with van der Waals surface area (Å²) in [7, 11) is 0. The molecule has 0 aliphatic carbocycles. The van der Waals surface area contributed by atoms with Gasteiger partial charge in [0.2, 0.25) is 12.7 Å². The van der Waals surface area contributed by atoms with Gasteiger partial charge < -0.3 is 28.6 Å². The van der Waals surface area contributed by atoms with Gasteiger partial charge in [0, 0.05) is 48.9 Å². The van der Waals surface area contributed by atoms with Gasteiger partial charge >= 0.3 is 24.0 Å². The molecule has 7 heterocycles. The van der Waals surface area contributed by atoms with E-state index in [1.54, 1.807) is 29.2 Å². The summed E-state index contributed by atoms with van der Waals surface area (Å²) in [6.07, 6.45) is 31.3. The molecule has 1 amide bonds. The van der Waals surface area contributed by atoms with Gasteiger partial charge in [0.15, 0.2) is 5.82 Å². The zero-order chi connectivity index (χ0) is 54.4. The van der Waals surface area contributed by atoms with Crippen molar-refractivity contribution in [2.45, 2.75) is 217 Å². The molecule has 0 N–H and O–H groups in total. The molecule has 2 aromatic heterocycles. The van der Waals surface area contributed by atoms with E-state index >= 15 is 4.39 Å². The van der Waals surface area contributed by atoms with E-state index in [4.69, 9.17) is 45.1 Å².